The quantitative estimate of drug-likeness (QED) is 0.241. The first-order chi connectivity index (χ1) is 13.4. The number of nitro benzene ring substituents is 1. The molecule has 0 atom stereocenters. The first-order valence-corrected chi connectivity index (χ1v) is 8.81. The molecule has 3 aromatic rings. The Labute approximate surface area is 163 Å². The van der Waals surface area contributed by atoms with Crippen molar-refractivity contribution in [2.75, 3.05) is 0 Å². The first-order valence-electron chi connectivity index (χ1n) is 7.99. The summed E-state index contributed by atoms with van der Waals surface area (Å²) >= 11 is 1.14. The largest absolute Gasteiger partial charge is 0.506 e. The van der Waals surface area contributed by atoms with Crippen molar-refractivity contribution in [2.24, 2.45) is 4.99 Å². The second-order valence-corrected chi connectivity index (χ2v) is 6.46. The number of rotatable bonds is 6. The van der Waals surface area contributed by atoms with E-state index in [1.54, 1.807) is 19.1 Å². The molecule has 1 heterocycles. The summed E-state index contributed by atoms with van der Waals surface area (Å²) in [6.45, 7) is 5.16. The zero-order chi connectivity index (χ0) is 20.3. The van der Waals surface area contributed by atoms with Crippen molar-refractivity contribution >= 4 is 34.0 Å². The summed E-state index contributed by atoms with van der Waals surface area (Å²) < 4.78 is 19.2. The molecule has 0 aliphatic rings. The molecule has 0 saturated carbocycles. The highest BCUT2D eigenvalue weighted by molar-refractivity contribution is 7.19. The van der Waals surface area contributed by atoms with Crippen molar-refractivity contribution in [3.05, 3.63) is 70.7 Å². The van der Waals surface area contributed by atoms with Crippen LogP contribution in [0.3, 0.4) is 0 Å². The van der Waals surface area contributed by atoms with Gasteiger partial charge in [0.15, 0.2) is 11.6 Å². The van der Waals surface area contributed by atoms with Gasteiger partial charge in [0, 0.05) is 17.8 Å². The van der Waals surface area contributed by atoms with E-state index in [-0.39, 0.29) is 28.6 Å². The maximum absolute atomic E-state index is 13.8. The van der Waals surface area contributed by atoms with E-state index in [2.05, 4.69) is 16.6 Å². The van der Waals surface area contributed by atoms with Gasteiger partial charge in [-0.15, -0.1) is 0 Å². The fourth-order valence-electron chi connectivity index (χ4n) is 2.35. The third-order valence-corrected chi connectivity index (χ3v) is 4.60. The minimum atomic E-state index is -0.631. The molecule has 142 valence electrons. The minimum absolute atomic E-state index is 0.103. The standard InChI is InChI=1S/C19H14FN3O4S/c1-3-21-19-17(11(2)24)22-18(28-19)12-8-9-16(14(10-12)23(25)26)27-15-7-5-4-6-13(15)20/h3-10,24H,2H2,1H3/b21-3-. The van der Waals surface area contributed by atoms with Crippen molar-refractivity contribution in [3.8, 4) is 22.1 Å². The van der Waals surface area contributed by atoms with Gasteiger partial charge in [0.25, 0.3) is 0 Å². The maximum Gasteiger partial charge on any atom is 0.312 e. The van der Waals surface area contributed by atoms with Gasteiger partial charge < -0.3 is 9.84 Å². The number of nitrogens with zero attached hydrogens (tertiary/aromatic N) is 3. The zero-order valence-electron chi connectivity index (χ0n) is 14.6. The lowest BCUT2D eigenvalue weighted by atomic mass is 10.2. The number of aliphatic hydroxyl groups is 1. The van der Waals surface area contributed by atoms with Crippen LogP contribution in [0.15, 0.2) is 54.0 Å². The fourth-order valence-corrected chi connectivity index (χ4v) is 3.34. The zero-order valence-corrected chi connectivity index (χ0v) is 15.4. The lowest BCUT2D eigenvalue weighted by Gasteiger charge is -2.08. The number of aliphatic imine (C=N–C) groups is 1. The predicted molar refractivity (Wildman–Crippen MR) is 106 cm³/mol. The number of nitro groups is 1. The Balaban J connectivity index is 2.04. The van der Waals surface area contributed by atoms with Gasteiger partial charge in [0.05, 0.1) is 4.92 Å². The van der Waals surface area contributed by atoms with Gasteiger partial charge in [-0.25, -0.2) is 14.4 Å². The number of aromatic nitrogens is 1. The molecule has 0 unspecified atom stereocenters. The van der Waals surface area contributed by atoms with Crippen LogP contribution in [0.1, 0.15) is 12.6 Å². The lowest BCUT2D eigenvalue weighted by molar-refractivity contribution is -0.385. The Morgan fingerprint density at radius 1 is 1.36 bits per heavy atom. The molecule has 0 bridgehead atoms. The number of hydrogen-bond acceptors (Lipinski definition) is 7. The molecule has 0 spiro atoms. The summed E-state index contributed by atoms with van der Waals surface area (Å²) in [6, 6.07) is 9.84. The van der Waals surface area contributed by atoms with E-state index in [1.807, 2.05) is 0 Å². The van der Waals surface area contributed by atoms with Gasteiger partial charge in [0.1, 0.15) is 21.5 Å². The molecule has 9 heteroatoms. The van der Waals surface area contributed by atoms with Crippen LogP contribution in [0.4, 0.5) is 15.1 Å². The highest BCUT2D eigenvalue weighted by Crippen LogP contribution is 2.40. The summed E-state index contributed by atoms with van der Waals surface area (Å²) in [5.41, 5.74) is 0.283. The fraction of sp³-hybridized carbons (Fsp3) is 0.0526. The Hall–Kier alpha value is -3.59. The molecule has 0 radical (unpaired) electrons. The smallest absolute Gasteiger partial charge is 0.312 e. The molecule has 0 amide bonds. The van der Waals surface area contributed by atoms with Crippen LogP contribution in [0.2, 0.25) is 0 Å². The Bertz CT molecular complexity index is 1090. The molecule has 0 aliphatic heterocycles. The van der Waals surface area contributed by atoms with Gasteiger partial charge in [-0.05, 0) is 31.2 Å². The van der Waals surface area contributed by atoms with Crippen molar-refractivity contribution in [2.45, 2.75) is 6.92 Å². The van der Waals surface area contributed by atoms with Gasteiger partial charge in [-0.1, -0.05) is 30.0 Å². The van der Waals surface area contributed by atoms with Crippen molar-refractivity contribution in [1.82, 2.24) is 4.98 Å². The Kier molecular flexibility index (Phi) is 5.46. The van der Waals surface area contributed by atoms with E-state index in [1.165, 1.54) is 36.5 Å². The highest BCUT2D eigenvalue weighted by atomic mass is 32.1. The molecule has 7 nitrogen and oxygen atoms in total. The van der Waals surface area contributed by atoms with Gasteiger partial charge in [-0.3, -0.25) is 10.1 Å². The third kappa shape index (κ3) is 3.89. The van der Waals surface area contributed by atoms with Gasteiger partial charge >= 0.3 is 5.69 Å². The van der Waals surface area contributed by atoms with E-state index in [9.17, 15) is 19.6 Å². The number of benzene rings is 2. The molecule has 1 N–H and O–H groups in total. The van der Waals surface area contributed by atoms with Crippen LogP contribution >= 0.6 is 11.3 Å². The predicted octanol–water partition coefficient (Wildman–Crippen LogP) is 5.90. The van der Waals surface area contributed by atoms with E-state index in [4.69, 9.17) is 4.74 Å². The van der Waals surface area contributed by atoms with Crippen molar-refractivity contribution in [1.29, 1.82) is 0 Å². The van der Waals surface area contributed by atoms with Gasteiger partial charge in [-0.2, -0.15) is 0 Å². The lowest BCUT2D eigenvalue weighted by Crippen LogP contribution is -1.95. The maximum atomic E-state index is 13.8. The Morgan fingerprint density at radius 2 is 2.11 bits per heavy atom. The van der Waals surface area contributed by atoms with E-state index < -0.39 is 10.7 Å². The summed E-state index contributed by atoms with van der Waals surface area (Å²) in [7, 11) is 0. The summed E-state index contributed by atoms with van der Waals surface area (Å²) in [5.74, 6) is -1.11. The van der Waals surface area contributed by atoms with Crippen LogP contribution in [-0.2, 0) is 0 Å². The van der Waals surface area contributed by atoms with Crippen molar-refractivity contribution in [3.63, 3.8) is 0 Å². The monoisotopic (exact) mass is 399 g/mol. The van der Waals surface area contributed by atoms with Gasteiger partial charge in [0.2, 0.25) is 5.75 Å². The number of halogens is 1. The SMILES string of the molecule is C=C(O)c1nc(-c2ccc(Oc3ccccc3F)c([N+](=O)[O-])c2)sc1/N=C\C. The molecule has 0 aliphatic carbocycles. The van der Waals surface area contributed by atoms with Crippen LogP contribution < -0.4 is 4.74 Å². The number of thiazole rings is 1. The van der Waals surface area contributed by atoms with E-state index in [0.717, 1.165) is 11.3 Å². The molecular formula is C19H14FN3O4S. The molecular weight excluding hydrogens is 385 g/mol. The highest BCUT2D eigenvalue weighted by Gasteiger charge is 2.21. The first kappa shape index (κ1) is 19.2. The summed E-state index contributed by atoms with van der Waals surface area (Å²) in [6.07, 6.45) is 1.54. The van der Waals surface area contributed by atoms with Crippen LogP contribution in [-0.4, -0.2) is 21.2 Å². The van der Waals surface area contributed by atoms with E-state index in [0.29, 0.717) is 15.6 Å². The molecule has 3 rings (SSSR count). The summed E-state index contributed by atoms with van der Waals surface area (Å²) in [5, 5.41) is 22.0. The van der Waals surface area contributed by atoms with Crippen LogP contribution in [0.25, 0.3) is 16.3 Å². The third-order valence-electron chi connectivity index (χ3n) is 3.59. The minimum Gasteiger partial charge on any atom is -0.506 e. The van der Waals surface area contributed by atoms with Crippen molar-refractivity contribution < 1.29 is 19.2 Å². The second kappa shape index (κ2) is 7.97. The normalized spacial score (nSPS) is 10.9. The number of aliphatic hydroxyl groups excluding tert-OH is 1. The molecule has 2 aromatic carbocycles. The average molecular weight is 399 g/mol. The summed E-state index contributed by atoms with van der Waals surface area (Å²) in [4.78, 5) is 19.3. The Morgan fingerprint density at radius 3 is 2.75 bits per heavy atom. The number of hydrogen-bond donors (Lipinski definition) is 1. The molecule has 1 aromatic heterocycles. The number of para-hydroxylation sites is 1. The van der Waals surface area contributed by atoms with E-state index >= 15 is 0 Å². The molecule has 28 heavy (non-hydrogen) atoms. The number of ether oxygens (including phenoxy) is 1. The van der Waals surface area contributed by atoms with Crippen LogP contribution in [0.5, 0.6) is 11.5 Å². The molecule has 0 saturated heterocycles. The van der Waals surface area contributed by atoms with Crippen LogP contribution in [0, 0.1) is 15.9 Å². The molecule has 0 fully saturated rings. The topological polar surface area (TPSA) is 97.9 Å². The second-order valence-electron chi connectivity index (χ2n) is 5.48. The average Bonchev–Trinajstić information content (AvgIpc) is 3.08.